The lowest BCUT2D eigenvalue weighted by molar-refractivity contribution is -0.112. The second-order valence-electron chi connectivity index (χ2n) is 6.01. The summed E-state index contributed by atoms with van der Waals surface area (Å²) in [5.41, 5.74) is 3.16. The molecule has 3 aromatic rings. The van der Waals surface area contributed by atoms with Crippen LogP contribution in [0.3, 0.4) is 0 Å². The first-order chi connectivity index (χ1) is 12.5. The number of hydrogen-bond donors (Lipinski definition) is 2. The van der Waals surface area contributed by atoms with Crippen molar-refractivity contribution in [2.75, 3.05) is 0 Å². The fourth-order valence-corrected chi connectivity index (χ4v) is 4.02. The molecule has 1 fully saturated rings. The SMILES string of the molecule is O=C1NC(Cc2ccc3oc(CO)c(-c4cccc(Cl)c4)c3c2)C(=O)S1. The molecule has 0 spiro atoms. The number of aliphatic hydroxyl groups excluding tert-OH is 1. The molecule has 5 nitrogen and oxygen atoms in total. The number of furan rings is 1. The lowest BCUT2D eigenvalue weighted by Crippen LogP contribution is -2.30. The molecule has 0 bridgehead atoms. The van der Waals surface area contributed by atoms with Crippen LogP contribution < -0.4 is 5.32 Å². The molecule has 2 heterocycles. The highest BCUT2D eigenvalue weighted by Gasteiger charge is 2.31. The van der Waals surface area contributed by atoms with E-state index in [2.05, 4.69) is 5.32 Å². The third-order valence-electron chi connectivity index (χ3n) is 4.29. The molecule has 1 atom stereocenters. The molecular formula is C19H14ClNO4S. The minimum Gasteiger partial charge on any atom is -0.458 e. The van der Waals surface area contributed by atoms with Crippen LogP contribution in [0, 0.1) is 0 Å². The fourth-order valence-electron chi connectivity index (χ4n) is 3.16. The Balaban J connectivity index is 1.78. The maximum absolute atomic E-state index is 11.8. The van der Waals surface area contributed by atoms with Gasteiger partial charge in [0.25, 0.3) is 5.24 Å². The maximum Gasteiger partial charge on any atom is 0.287 e. The molecule has 2 N–H and O–H groups in total. The van der Waals surface area contributed by atoms with Crippen molar-refractivity contribution in [3.8, 4) is 11.1 Å². The number of amides is 1. The lowest BCUT2D eigenvalue weighted by Gasteiger charge is -2.08. The summed E-state index contributed by atoms with van der Waals surface area (Å²) >= 11 is 6.82. The van der Waals surface area contributed by atoms with Crippen LogP contribution in [-0.2, 0) is 17.8 Å². The number of nitrogens with one attached hydrogen (secondary N) is 1. The smallest absolute Gasteiger partial charge is 0.287 e. The molecule has 0 saturated carbocycles. The normalized spacial score (nSPS) is 17.1. The van der Waals surface area contributed by atoms with E-state index in [0.29, 0.717) is 34.5 Å². The first kappa shape index (κ1) is 17.1. The highest BCUT2D eigenvalue weighted by molar-refractivity contribution is 8.26. The molecular weight excluding hydrogens is 374 g/mol. The van der Waals surface area contributed by atoms with E-state index in [0.717, 1.165) is 22.1 Å². The van der Waals surface area contributed by atoms with Gasteiger partial charge in [-0.1, -0.05) is 29.8 Å². The van der Waals surface area contributed by atoms with Gasteiger partial charge in [0.2, 0.25) is 5.12 Å². The molecule has 1 aromatic heterocycles. The van der Waals surface area contributed by atoms with Gasteiger partial charge >= 0.3 is 0 Å². The van der Waals surface area contributed by atoms with Gasteiger partial charge in [0.15, 0.2) is 0 Å². The fraction of sp³-hybridized carbons (Fsp3) is 0.158. The summed E-state index contributed by atoms with van der Waals surface area (Å²) in [4.78, 5) is 23.2. The molecule has 1 saturated heterocycles. The molecule has 26 heavy (non-hydrogen) atoms. The number of aliphatic hydroxyl groups is 1. The highest BCUT2D eigenvalue weighted by Crippen LogP contribution is 2.36. The first-order valence-electron chi connectivity index (χ1n) is 7.98. The van der Waals surface area contributed by atoms with Crippen molar-refractivity contribution in [3.63, 3.8) is 0 Å². The topological polar surface area (TPSA) is 79.5 Å². The zero-order chi connectivity index (χ0) is 18.3. The molecule has 132 valence electrons. The first-order valence-corrected chi connectivity index (χ1v) is 9.18. The van der Waals surface area contributed by atoms with Crippen LogP contribution in [0.4, 0.5) is 4.79 Å². The Kier molecular flexibility index (Phi) is 4.48. The number of thioether (sulfide) groups is 1. The standard InChI is InChI=1S/C19H14ClNO4S/c20-12-3-1-2-11(8-12)17-13-6-10(4-5-15(13)25-16(17)9-22)7-14-18(23)26-19(24)21-14/h1-6,8,14,22H,7,9H2,(H,21,24). The second-order valence-corrected chi connectivity index (χ2v) is 7.42. The molecule has 1 amide bonds. The van der Waals surface area contributed by atoms with Crippen LogP contribution in [0.1, 0.15) is 11.3 Å². The van der Waals surface area contributed by atoms with Gasteiger partial charge in [-0.3, -0.25) is 9.59 Å². The van der Waals surface area contributed by atoms with Crippen LogP contribution in [0.2, 0.25) is 5.02 Å². The summed E-state index contributed by atoms with van der Waals surface area (Å²) in [6.07, 6.45) is 0.405. The van der Waals surface area contributed by atoms with Crippen molar-refractivity contribution >= 4 is 44.7 Å². The van der Waals surface area contributed by atoms with Crippen molar-refractivity contribution in [3.05, 3.63) is 58.8 Å². The third-order valence-corrected chi connectivity index (χ3v) is 5.32. The Bertz CT molecular complexity index is 1030. The van der Waals surface area contributed by atoms with Gasteiger partial charge in [0, 0.05) is 34.2 Å². The Morgan fingerprint density at radius 1 is 1.19 bits per heavy atom. The number of benzene rings is 2. The predicted octanol–water partition coefficient (Wildman–Crippen LogP) is 4.14. The monoisotopic (exact) mass is 387 g/mol. The van der Waals surface area contributed by atoms with Gasteiger partial charge in [-0.15, -0.1) is 0 Å². The number of hydrogen-bond acceptors (Lipinski definition) is 5. The van der Waals surface area contributed by atoms with Crippen LogP contribution >= 0.6 is 23.4 Å². The van der Waals surface area contributed by atoms with E-state index in [1.165, 1.54) is 0 Å². The van der Waals surface area contributed by atoms with Gasteiger partial charge in [0.1, 0.15) is 24.0 Å². The average molecular weight is 388 g/mol. The minimum absolute atomic E-state index is 0.173. The van der Waals surface area contributed by atoms with E-state index in [1.54, 1.807) is 6.07 Å². The summed E-state index contributed by atoms with van der Waals surface area (Å²) in [5.74, 6) is 0.459. The number of halogens is 1. The average Bonchev–Trinajstić information content (AvgIpc) is 3.13. The second kappa shape index (κ2) is 6.79. The zero-order valence-electron chi connectivity index (χ0n) is 13.5. The number of carbonyl (C=O) groups is 2. The lowest BCUT2D eigenvalue weighted by atomic mass is 9.99. The molecule has 1 aliphatic heterocycles. The Morgan fingerprint density at radius 3 is 2.73 bits per heavy atom. The Hall–Kier alpha value is -2.28. The molecule has 1 aliphatic rings. The van der Waals surface area contributed by atoms with Gasteiger partial charge in [0.05, 0.1) is 0 Å². The van der Waals surface area contributed by atoms with Gasteiger partial charge < -0.3 is 14.8 Å². The van der Waals surface area contributed by atoms with Gasteiger partial charge in [-0.2, -0.15) is 0 Å². The summed E-state index contributed by atoms with van der Waals surface area (Å²) in [6.45, 7) is -0.236. The number of carbonyl (C=O) groups excluding carboxylic acids is 2. The maximum atomic E-state index is 11.8. The van der Waals surface area contributed by atoms with Crippen LogP contribution in [0.5, 0.6) is 0 Å². The number of fused-ring (bicyclic) bond motifs is 1. The largest absolute Gasteiger partial charge is 0.458 e. The van der Waals surface area contributed by atoms with Crippen molar-refractivity contribution in [1.82, 2.24) is 5.32 Å². The van der Waals surface area contributed by atoms with Crippen LogP contribution in [0.25, 0.3) is 22.1 Å². The van der Waals surface area contributed by atoms with Crippen molar-refractivity contribution in [1.29, 1.82) is 0 Å². The Labute approximate surface area is 158 Å². The summed E-state index contributed by atoms with van der Waals surface area (Å²) in [5, 5.41) is 13.3. The van der Waals surface area contributed by atoms with Crippen LogP contribution in [0.15, 0.2) is 46.9 Å². The molecule has 1 unspecified atom stereocenters. The minimum atomic E-state index is -0.524. The van der Waals surface area contributed by atoms with E-state index in [1.807, 2.05) is 36.4 Å². The number of rotatable bonds is 4. The summed E-state index contributed by atoms with van der Waals surface area (Å²) < 4.78 is 5.77. The van der Waals surface area contributed by atoms with E-state index in [4.69, 9.17) is 16.0 Å². The molecule has 0 radical (unpaired) electrons. The van der Waals surface area contributed by atoms with E-state index in [9.17, 15) is 14.7 Å². The van der Waals surface area contributed by atoms with Crippen molar-refractivity contribution < 1.29 is 19.1 Å². The summed E-state index contributed by atoms with van der Waals surface area (Å²) in [7, 11) is 0. The molecule has 0 aliphatic carbocycles. The predicted molar refractivity (Wildman–Crippen MR) is 101 cm³/mol. The van der Waals surface area contributed by atoms with Crippen molar-refractivity contribution in [2.24, 2.45) is 0 Å². The molecule has 2 aromatic carbocycles. The van der Waals surface area contributed by atoms with Gasteiger partial charge in [-0.25, -0.2) is 0 Å². The highest BCUT2D eigenvalue weighted by atomic mass is 35.5. The molecule has 4 rings (SSSR count). The van der Waals surface area contributed by atoms with Crippen LogP contribution in [-0.4, -0.2) is 21.5 Å². The van der Waals surface area contributed by atoms with E-state index < -0.39 is 6.04 Å². The Morgan fingerprint density at radius 2 is 2.04 bits per heavy atom. The summed E-state index contributed by atoms with van der Waals surface area (Å²) in [6, 6.07) is 12.4. The van der Waals surface area contributed by atoms with Crippen molar-refractivity contribution in [2.45, 2.75) is 19.1 Å². The van der Waals surface area contributed by atoms with E-state index in [-0.39, 0.29) is 17.0 Å². The third kappa shape index (κ3) is 3.11. The quantitative estimate of drug-likeness (QED) is 0.703. The van der Waals surface area contributed by atoms with Gasteiger partial charge in [-0.05, 0) is 35.4 Å². The zero-order valence-corrected chi connectivity index (χ0v) is 15.1. The van der Waals surface area contributed by atoms with E-state index >= 15 is 0 Å². The molecule has 7 heteroatoms.